The van der Waals surface area contributed by atoms with Crippen molar-refractivity contribution in [2.24, 2.45) is 5.41 Å². The van der Waals surface area contributed by atoms with Gasteiger partial charge in [0.25, 0.3) is 0 Å². The van der Waals surface area contributed by atoms with E-state index in [0.29, 0.717) is 13.2 Å². The van der Waals surface area contributed by atoms with Crippen LogP contribution in [0, 0.1) is 5.41 Å². The monoisotopic (exact) mass is 595 g/mol. The van der Waals surface area contributed by atoms with Crippen LogP contribution in [0.1, 0.15) is 47.9 Å². The molecule has 2 amide bonds. The van der Waals surface area contributed by atoms with Gasteiger partial charge in [0.1, 0.15) is 13.3 Å². The van der Waals surface area contributed by atoms with Crippen LogP contribution in [0.4, 0.5) is 22.4 Å². The Kier molecular flexibility index (Phi) is 10.8. The van der Waals surface area contributed by atoms with Gasteiger partial charge in [-0.05, 0) is 54.5 Å². The van der Waals surface area contributed by atoms with E-state index in [9.17, 15) is 32.3 Å². The predicted octanol–water partition coefficient (Wildman–Crippen LogP) is 4.34. The van der Waals surface area contributed by atoms with E-state index in [1.54, 1.807) is 0 Å². The number of benzene rings is 2. The van der Waals surface area contributed by atoms with Crippen LogP contribution in [0.15, 0.2) is 48.5 Å². The zero-order valence-electron chi connectivity index (χ0n) is 23.3. The third kappa shape index (κ3) is 8.42. The highest BCUT2D eigenvalue weighted by molar-refractivity contribution is 5.84. The minimum Gasteiger partial charge on any atom is -0.445 e. The number of hydrogen-bond donors (Lipinski definition) is 3. The molecule has 2 heterocycles. The molecule has 0 aliphatic carbocycles. The number of amides is 2. The first-order valence-corrected chi connectivity index (χ1v) is 14.1. The van der Waals surface area contributed by atoms with Gasteiger partial charge in [-0.2, -0.15) is 13.2 Å². The second-order valence-corrected chi connectivity index (χ2v) is 11.0. The van der Waals surface area contributed by atoms with Gasteiger partial charge in [-0.1, -0.05) is 36.4 Å². The van der Waals surface area contributed by atoms with Crippen molar-refractivity contribution in [2.45, 2.75) is 63.8 Å². The van der Waals surface area contributed by atoms with Crippen LogP contribution < -0.4 is 10.6 Å². The third-order valence-corrected chi connectivity index (χ3v) is 7.84. The SMILES string of the molecule is O=C(OCc1ccccc1)N1CCC(CC(CO)NC2CCOCC2)(C(=O)NCc2cc(CF)cc(C(F)(F)F)c2)C1. The normalized spacial score (nSPS) is 20.4. The van der Waals surface area contributed by atoms with Gasteiger partial charge in [0.05, 0.1) is 17.6 Å². The van der Waals surface area contributed by atoms with E-state index >= 15 is 0 Å². The molecule has 2 fully saturated rings. The van der Waals surface area contributed by atoms with Crippen molar-refractivity contribution in [1.29, 1.82) is 0 Å². The molecule has 0 bridgehead atoms. The fourth-order valence-corrected chi connectivity index (χ4v) is 5.60. The quantitative estimate of drug-likeness (QED) is 0.335. The molecule has 12 heteroatoms. The summed E-state index contributed by atoms with van der Waals surface area (Å²) in [5, 5.41) is 16.3. The van der Waals surface area contributed by atoms with Gasteiger partial charge in [-0.15, -0.1) is 0 Å². The largest absolute Gasteiger partial charge is 0.445 e. The number of likely N-dealkylation sites (tertiary alicyclic amines) is 1. The number of aliphatic hydroxyl groups excluding tert-OH is 1. The smallest absolute Gasteiger partial charge is 0.416 e. The standard InChI is InChI=1S/C30H37F4N3O5/c31-16-22-12-23(14-24(13-22)30(32,33)34)17-35-27(39)29(15-26(18-38)36-25-6-10-41-11-7-25)8-9-37(20-29)28(40)42-19-21-4-2-1-3-5-21/h1-5,12-14,25-26,36,38H,6-11,15-20H2,(H,35,39). The molecule has 42 heavy (non-hydrogen) atoms. The number of aliphatic hydroxyl groups is 1. The van der Waals surface area contributed by atoms with Crippen LogP contribution in [0.25, 0.3) is 0 Å². The van der Waals surface area contributed by atoms with E-state index in [2.05, 4.69) is 10.6 Å². The Bertz CT molecular complexity index is 1190. The van der Waals surface area contributed by atoms with Gasteiger partial charge >= 0.3 is 12.3 Å². The van der Waals surface area contributed by atoms with Crippen molar-refractivity contribution in [3.8, 4) is 0 Å². The van der Waals surface area contributed by atoms with Gasteiger partial charge in [-0.25, -0.2) is 9.18 Å². The molecule has 2 unspecified atom stereocenters. The second kappa shape index (κ2) is 14.3. The zero-order chi connectivity index (χ0) is 30.2. The van der Waals surface area contributed by atoms with Crippen molar-refractivity contribution in [3.05, 3.63) is 70.8 Å². The molecule has 0 radical (unpaired) electrons. The highest BCUT2D eigenvalue weighted by Crippen LogP contribution is 2.37. The Morgan fingerprint density at radius 1 is 1.10 bits per heavy atom. The number of alkyl halides is 4. The summed E-state index contributed by atoms with van der Waals surface area (Å²) < 4.78 is 64.2. The predicted molar refractivity (Wildman–Crippen MR) is 146 cm³/mol. The number of rotatable bonds is 11. The van der Waals surface area contributed by atoms with Crippen LogP contribution in [-0.2, 0) is 40.3 Å². The molecule has 0 saturated carbocycles. The molecule has 3 N–H and O–H groups in total. The Morgan fingerprint density at radius 3 is 2.48 bits per heavy atom. The maximum atomic E-state index is 13.8. The number of carbonyl (C=O) groups is 2. The summed E-state index contributed by atoms with van der Waals surface area (Å²) in [5.41, 5.74) is -1.35. The van der Waals surface area contributed by atoms with Crippen LogP contribution in [0.3, 0.4) is 0 Å². The fourth-order valence-electron chi connectivity index (χ4n) is 5.60. The molecule has 2 aromatic rings. The number of ether oxygens (including phenoxy) is 2. The molecule has 4 rings (SSSR count). The van der Waals surface area contributed by atoms with Gasteiger partial charge < -0.3 is 30.1 Å². The molecule has 2 atom stereocenters. The highest BCUT2D eigenvalue weighted by atomic mass is 19.4. The lowest BCUT2D eigenvalue weighted by atomic mass is 9.79. The lowest BCUT2D eigenvalue weighted by Crippen LogP contribution is -2.51. The Morgan fingerprint density at radius 2 is 1.81 bits per heavy atom. The summed E-state index contributed by atoms with van der Waals surface area (Å²) in [6.07, 6.45) is -3.30. The Labute approximate surface area is 242 Å². The maximum absolute atomic E-state index is 13.8. The Hall–Kier alpha value is -3.22. The van der Waals surface area contributed by atoms with Crippen molar-refractivity contribution in [2.75, 3.05) is 32.9 Å². The summed E-state index contributed by atoms with van der Waals surface area (Å²) in [5.74, 6) is -0.465. The first kappa shape index (κ1) is 31.7. The lowest BCUT2D eigenvalue weighted by molar-refractivity contribution is -0.137. The van der Waals surface area contributed by atoms with Crippen molar-refractivity contribution in [3.63, 3.8) is 0 Å². The first-order valence-electron chi connectivity index (χ1n) is 14.1. The minimum atomic E-state index is -4.67. The van der Waals surface area contributed by atoms with E-state index in [1.807, 2.05) is 30.3 Å². The average molecular weight is 596 g/mol. The van der Waals surface area contributed by atoms with E-state index in [1.165, 1.54) is 11.0 Å². The third-order valence-electron chi connectivity index (χ3n) is 7.84. The second-order valence-electron chi connectivity index (χ2n) is 11.0. The number of carbonyl (C=O) groups excluding carboxylic acids is 2. The molecule has 2 saturated heterocycles. The van der Waals surface area contributed by atoms with Crippen LogP contribution in [0.2, 0.25) is 0 Å². The number of halogens is 4. The van der Waals surface area contributed by atoms with Crippen LogP contribution in [-0.4, -0.2) is 67.0 Å². The molecule has 0 aromatic heterocycles. The topological polar surface area (TPSA) is 100 Å². The van der Waals surface area contributed by atoms with Crippen molar-refractivity contribution in [1.82, 2.24) is 15.5 Å². The van der Waals surface area contributed by atoms with Crippen LogP contribution in [0.5, 0.6) is 0 Å². The van der Waals surface area contributed by atoms with E-state index in [-0.39, 0.29) is 62.9 Å². The summed E-state index contributed by atoms with van der Waals surface area (Å²) in [7, 11) is 0. The average Bonchev–Trinajstić information content (AvgIpc) is 3.44. The van der Waals surface area contributed by atoms with E-state index in [4.69, 9.17) is 9.47 Å². The zero-order valence-corrected chi connectivity index (χ0v) is 23.3. The molecular formula is C30H37F4N3O5. The van der Waals surface area contributed by atoms with Gasteiger partial charge in [0.15, 0.2) is 0 Å². The molecule has 2 aliphatic heterocycles. The van der Waals surface area contributed by atoms with Gasteiger partial charge in [0, 0.05) is 44.9 Å². The molecule has 8 nitrogen and oxygen atoms in total. The number of nitrogens with one attached hydrogen (secondary N) is 2. The molecule has 2 aliphatic rings. The van der Waals surface area contributed by atoms with Crippen molar-refractivity contribution >= 4 is 12.0 Å². The molecular weight excluding hydrogens is 558 g/mol. The maximum Gasteiger partial charge on any atom is 0.416 e. The van der Waals surface area contributed by atoms with Crippen LogP contribution >= 0.6 is 0 Å². The lowest BCUT2D eigenvalue weighted by Gasteiger charge is -2.34. The summed E-state index contributed by atoms with van der Waals surface area (Å²) in [6.45, 7) is -0.119. The number of nitrogens with zero attached hydrogens (tertiary/aromatic N) is 1. The molecule has 0 spiro atoms. The first-order chi connectivity index (χ1) is 20.1. The van der Waals surface area contributed by atoms with Gasteiger partial charge in [0.2, 0.25) is 5.91 Å². The van der Waals surface area contributed by atoms with Gasteiger partial charge in [-0.3, -0.25) is 4.79 Å². The molecule has 230 valence electrons. The summed E-state index contributed by atoms with van der Waals surface area (Å²) in [6, 6.07) is 11.7. The van der Waals surface area contributed by atoms with E-state index < -0.39 is 41.9 Å². The fraction of sp³-hybridized carbons (Fsp3) is 0.533. The highest BCUT2D eigenvalue weighted by Gasteiger charge is 2.47. The van der Waals surface area contributed by atoms with Crippen molar-refractivity contribution < 1.29 is 41.7 Å². The Balaban J connectivity index is 1.49. The minimum absolute atomic E-state index is 0.0106. The number of hydrogen-bond acceptors (Lipinski definition) is 6. The summed E-state index contributed by atoms with van der Waals surface area (Å²) in [4.78, 5) is 28.1. The molecule has 2 aromatic carbocycles. The van der Waals surface area contributed by atoms with E-state index in [0.717, 1.165) is 30.5 Å². The summed E-state index contributed by atoms with van der Waals surface area (Å²) >= 11 is 0.